The molecule has 0 amide bonds. The highest BCUT2D eigenvalue weighted by atomic mass is 16.3. The van der Waals surface area contributed by atoms with E-state index < -0.39 is 0 Å². The van der Waals surface area contributed by atoms with Crippen LogP contribution in [0.5, 0.6) is 0 Å². The molecule has 2 aliphatic rings. The lowest BCUT2D eigenvalue weighted by Crippen LogP contribution is -2.56. The number of aliphatic hydroxyl groups is 1. The molecule has 70 valence electrons. The molecule has 1 saturated carbocycles. The van der Waals surface area contributed by atoms with Crippen LogP contribution in [0.4, 0.5) is 0 Å². The van der Waals surface area contributed by atoms with Crippen LogP contribution in [-0.2, 0) is 0 Å². The summed E-state index contributed by atoms with van der Waals surface area (Å²) in [5, 5.41) is 13.9. The zero-order valence-corrected chi connectivity index (χ0v) is 8.01. The van der Waals surface area contributed by atoms with Crippen LogP contribution in [0.2, 0.25) is 0 Å². The first kappa shape index (κ1) is 8.52. The Balaban J connectivity index is 2.15. The van der Waals surface area contributed by atoms with E-state index in [-0.39, 0.29) is 5.60 Å². The Morgan fingerprint density at radius 1 is 1.17 bits per heavy atom. The predicted octanol–water partition coefficient (Wildman–Crippen LogP) is 1.00. The molecule has 2 fully saturated rings. The van der Waals surface area contributed by atoms with Gasteiger partial charge in [-0.1, -0.05) is 13.8 Å². The molecule has 0 radical (unpaired) electrons. The fourth-order valence-corrected chi connectivity index (χ4v) is 2.68. The Morgan fingerprint density at radius 2 is 1.67 bits per heavy atom. The van der Waals surface area contributed by atoms with Gasteiger partial charge in [0.25, 0.3) is 0 Å². The Morgan fingerprint density at radius 3 is 2.08 bits per heavy atom. The van der Waals surface area contributed by atoms with E-state index in [1.807, 2.05) is 0 Å². The smallest absolute Gasteiger partial charge is 0.0750 e. The summed E-state index contributed by atoms with van der Waals surface area (Å²) in [5.74, 6) is 1.45. The highest BCUT2D eigenvalue weighted by Gasteiger charge is 2.51. The molecule has 1 aliphatic carbocycles. The fraction of sp³-hybridized carbons (Fsp3) is 1.00. The number of hydrogen-bond acceptors (Lipinski definition) is 2. The molecule has 0 bridgehead atoms. The molecule has 2 heteroatoms. The third-order valence-corrected chi connectivity index (χ3v) is 3.71. The van der Waals surface area contributed by atoms with Crippen molar-refractivity contribution in [2.24, 2.45) is 17.8 Å². The Kier molecular flexibility index (Phi) is 1.92. The lowest BCUT2D eigenvalue weighted by Gasteiger charge is -2.44. The largest absolute Gasteiger partial charge is 0.389 e. The van der Waals surface area contributed by atoms with E-state index in [0.717, 1.165) is 13.1 Å². The Bertz CT molecular complexity index is 167. The summed E-state index contributed by atoms with van der Waals surface area (Å²) < 4.78 is 0. The van der Waals surface area contributed by atoms with Crippen LogP contribution in [0, 0.1) is 17.8 Å². The van der Waals surface area contributed by atoms with Crippen molar-refractivity contribution in [1.29, 1.82) is 0 Å². The molecule has 0 aromatic rings. The summed E-state index contributed by atoms with van der Waals surface area (Å²) in [5.41, 5.74) is -0.356. The summed E-state index contributed by atoms with van der Waals surface area (Å²) >= 11 is 0. The van der Waals surface area contributed by atoms with E-state index in [1.165, 1.54) is 12.8 Å². The zero-order chi connectivity index (χ0) is 8.77. The molecule has 1 saturated heterocycles. The minimum atomic E-state index is -0.356. The fourth-order valence-electron chi connectivity index (χ4n) is 2.68. The SMILES string of the molecule is C[C@@H]1CNC[C@H](C)C1(O)C1CC1. The first-order valence-corrected chi connectivity index (χ1v) is 5.08. The van der Waals surface area contributed by atoms with Gasteiger partial charge in [0, 0.05) is 13.1 Å². The zero-order valence-electron chi connectivity index (χ0n) is 8.01. The van der Waals surface area contributed by atoms with E-state index in [4.69, 9.17) is 0 Å². The molecule has 0 aromatic heterocycles. The van der Waals surface area contributed by atoms with Crippen molar-refractivity contribution in [3.8, 4) is 0 Å². The monoisotopic (exact) mass is 169 g/mol. The van der Waals surface area contributed by atoms with E-state index in [9.17, 15) is 5.11 Å². The van der Waals surface area contributed by atoms with Gasteiger partial charge in [-0.05, 0) is 30.6 Å². The highest BCUT2D eigenvalue weighted by Crippen LogP contribution is 2.48. The summed E-state index contributed by atoms with van der Waals surface area (Å²) in [6, 6.07) is 0. The average Bonchev–Trinajstić information content (AvgIpc) is 2.82. The van der Waals surface area contributed by atoms with Crippen LogP contribution < -0.4 is 5.32 Å². The average molecular weight is 169 g/mol. The standard InChI is InChI=1S/C10H19NO/c1-7-5-11-6-8(2)10(7,12)9-3-4-9/h7-9,11-12H,3-6H2,1-2H3/t7-,8+,10?. The first-order chi connectivity index (χ1) is 5.65. The van der Waals surface area contributed by atoms with Gasteiger partial charge < -0.3 is 10.4 Å². The minimum absolute atomic E-state index is 0.356. The predicted molar refractivity (Wildman–Crippen MR) is 48.9 cm³/mol. The van der Waals surface area contributed by atoms with Crippen molar-refractivity contribution < 1.29 is 5.11 Å². The number of rotatable bonds is 1. The van der Waals surface area contributed by atoms with Crippen LogP contribution in [0.25, 0.3) is 0 Å². The van der Waals surface area contributed by atoms with Gasteiger partial charge in [0.2, 0.25) is 0 Å². The van der Waals surface area contributed by atoms with E-state index >= 15 is 0 Å². The molecule has 12 heavy (non-hydrogen) atoms. The van der Waals surface area contributed by atoms with Crippen LogP contribution in [-0.4, -0.2) is 23.8 Å². The number of hydrogen-bond donors (Lipinski definition) is 2. The minimum Gasteiger partial charge on any atom is -0.389 e. The molecule has 2 nitrogen and oxygen atoms in total. The summed E-state index contributed by atoms with van der Waals surface area (Å²) in [7, 11) is 0. The summed E-state index contributed by atoms with van der Waals surface area (Å²) in [6.07, 6.45) is 2.48. The third-order valence-electron chi connectivity index (χ3n) is 3.71. The maximum Gasteiger partial charge on any atom is 0.0750 e. The van der Waals surface area contributed by atoms with Crippen molar-refractivity contribution in [3.63, 3.8) is 0 Å². The normalized spacial score (nSPS) is 49.2. The van der Waals surface area contributed by atoms with Gasteiger partial charge in [-0.2, -0.15) is 0 Å². The summed E-state index contributed by atoms with van der Waals surface area (Å²) in [4.78, 5) is 0. The van der Waals surface area contributed by atoms with Crippen molar-refractivity contribution >= 4 is 0 Å². The molecule has 1 unspecified atom stereocenters. The molecule has 0 spiro atoms. The van der Waals surface area contributed by atoms with Crippen molar-refractivity contribution in [1.82, 2.24) is 5.32 Å². The van der Waals surface area contributed by atoms with Crippen molar-refractivity contribution in [2.45, 2.75) is 32.3 Å². The molecule has 0 aromatic carbocycles. The van der Waals surface area contributed by atoms with Gasteiger partial charge in [-0.3, -0.25) is 0 Å². The van der Waals surface area contributed by atoms with Gasteiger partial charge in [0.05, 0.1) is 5.60 Å². The van der Waals surface area contributed by atoms with Crippen molar-refractivity contribution in [2.75, 3.05) is 13.1 Å². The third kappa shape index (κ3) is 1.09. The maximum absolute atomic E-state index is 10.5. The van der Waals surface area contributed by atoms with Gasteiger partial charge in [-0.15, -0.1) is 0 Å². The Labute approximate surface area is 74.4 Å². The molecule has 2 N–H and O–H groups in total. The highest BCUT2D eigenvalue weighted by molar-refractivity contribution is 5.03. The molecule has 1 aliphatic heterocycles. The molecule has 3 atom stereocenters. The van der Waals surface area contributed by atoms with Crippen molar-refractivity contribution in [3.05, 3.63) is 0 Å². The van der Waals surface area contributed by atoms with Gasteiger partial charge in [0.15, 0.2) is 0 Å². The first-order valence-electron chi connectivity index (χ1n) is 5.08. The topological polar surface area (TPSA) is 32.3 Å². The second-order valence-electron chi connectivity index (χ2n) is 4.62. The van der Waals surface area contributed by atoms with Gasteiger partial charge >= 0.3 is 0 Å². The number of nitrogens with one attached hydrogen (secondary N) is 1. The molecular formula is C10H19NO. The molecule has 2 rings (SSSR count). The van der Waals surface area contributed by atoms with Crippen LogP contribution in [0.3, 0.4) is 0 Å². The lowest BCUT2D eigenvalue weighted by atomic mass is 9.72. The van der Waals surface area contributed by atoms with Crippen LogP contribution in [0.1, 0.15) is 26.7 Å². The van der Waals surface area contributed by atoms with E-state index in [2.05, 4.69) is 19.2 Å². The van der Waals surface area contributed by atoms with Gasteiger partial charge in [-0.25, -0.2) is 0 Å². The number of piperidine rings is 1. The van der Waals surface area contributed by atoms with E-state index in [0.29, 0.717) is 17.8 Å². The quantitative estimate of drug-likeness (QED) is 0.614. The van der Waals surface area contributed by atoms with Gasteiger partial charge in [0.1, 0.15) is 0 Å². The lowest BCUT2D eigenvalue weighted by molar-refractivity contribution is -0.0918. The van der Waals surface area contributed by atoms with Crippen LogP contribution in [0.15, 0.2) is 0 Å². The molecular weight excluding hydrogens is 150 g/mol. The maximum atomic E-state index is 10.5. The Hall–Kier alpha value is -0.0800. The summed E-state index contributed by atoms with van der Waals surface area (Å²) in [6.45, 7) is 6.30. The molecule has 1 heterocycles. The second kappa shape index (κ2) is 2.71. The second-order valence-corrected chi connectivity index (χ2v) is 4.62. The van der Waals surface area contributed by atoms with E-state index in [1.54, 1.807) is 0 Å². The van der Waals surface area contributed by atoms with Crippen LogP contribution >= 0.6 is 0 Å².